The van der Waals surface area contributed by atoms with E-state index in [1.807, 2.05) is 19.1 Å². The van der Waals surface area contributed by atoms with Crippen LogP contribution in [0.5, 0.6) is 0 Å². The predicted octanol–water partition coefficient (Wildman–Crippen LogP) is 1.88. The molecule has 0 spiro atoms. The summed E-state index contributed by atoms with van der Waals surface area (Å²) >= 11 is 0. The van der Waals surface area contributed by atoms with Crippen LogP contribution in [-0.2, 0) is 4.74 Å². The third-order valence-electron chi connectivity index (χ3n) is 1.03. The largest absolute Gasteiger partial charge is 0.377 e. The van der Waals surface area contributed by atoms with Crippen LogP contribution in [0, 0.1) is 11.3 Å². The highest BCUT2D eigenvalue weighted by Crippen LogP contribution is 1.87. The van der Waals surface area contributed by atoms with Crippen LogP contribution < -0.4 is 0 Å². The molecule has 0 amide bonds. The molecule has 0 saturated carbocycles. The van der Waals surface area contributed by atoms with Gasteiger partial charge in [-0.2, -0.15) is 5.26 Å². The van der Waals surface area contributed by atoms with Gasteiger partial charge in [-0.05, 0) is 13.3 Å². The first-order valence-corrected chi connectivity index (χ1v) is 3.47. The summed E-state index contributed by atoms with van der Waals surface area (Å²) in [5, 5.41) is 8.15. The Morgan fingerprint density at radius 2 is 2.40 bits per heavy atom. The zero-order valence-electron chi connectivity index (χ0n) is 6.34. The first kappa shape index (κ1) is 9.19. The minimum absolute atomic E-state index is 0.593. The number of hydrogen-bond acceptors (Lipinski definition) is 2. The van der Waals surface area contributed by atoms with Crippen LogP contribution in [-0.4, -0.2) is 13.2 Å². The van der Waals surface area contributed by atoms with Crippen molar-refractivity contribution in [1.82, 2.24) is 0 Å². The molecule has 0 atom stereocenters. The van der Waals surface area contributed by atoms with Gasteiger partial charge in [0.25, 0.3) is 0 Å². The lowest BCUT2D eigenvalue weighted by Crippen LogP contribution is -1.92. The molecule has 0 aromatic rings. The lowest BCUT2D eigenvalue weighted by atomic mass is 10.3. The van der Waals surface area contributed by atoms with Crippen LogP contribution in [0.15, 0.2) is 12.2 Å². The molecule has 0 aromatic carbocycles. The van der Waals surface area contributed by atoms with E-state index in [4.69, 9.17) is 10.00 Å². The van der Waals surface area contributed by atoms with E-state index in [1.165, 1.54) is 0 Å². The van der Waals surface area contributed by atoms with Crippen molar-refractivity contribution < 1.29 is 4.74 Å². The topological polar surface area (TPSA) is 33.0 Å². The minimum atomic E-state index is 0.593. The molecule has 0 rings (SSSR count). The Hall–Kier alpha value is -0.810. The number of allylic oxidation sites excluding steroid dienone is 1. The zero-order valence-corrected chi connectivity index (χ0v) is 6.34. The zero-order chi connectivity index (χ0) is 7.66. The highest BCUT2D eigenvalue weighted by Gasteiger charge is 1.83. The first-order chi connectivity index (χ1) is 4.91. The summed E-state index contributed by atoms with van der Waals surface area (Å²) in [7, 11) is 0. The molecule has 56 valence electrons. The molecule has 0 fully saturated rings. The third kappa shape index (κ3) is 7.19. The molecule has 2 heteroatoms. The Bertz CT molecular complexity index is 124. The number of hydrogen-bond donors (Lipinski definition) is 0. The number of nitriles is 1. The Kier molecular flexibility index (Phi) is 7.53. The lowest BCUT2D eigenvalue weighted by molar-refractivity contribution is 0.160. The molecular formula is C8H13NO. The standard InChI is InChI=1S/C8H13NO/c1-2-3-7-10-8-5-4-6-9/h2-3H,4-5,7-8H2,1H3. The van der Waals surface area contributed by atoms with Crippen LogP contribution in [0.3, 0.4) is 0 Å². The summed E-state index contributed by atoms with van der Waals surface area (Å²) in [6, 6.07) is 2.06. The number of unbranched alkanes of at least 4 members (excludes halogenated alkanes) is 1. The quantitative estimate of drug-likeness (QED) is 0.430. The second-order valence-electron chi connectivity index (χ2n) is 1.91. The van der Waals surface area contributed by atoms with Crippen LogP contribution >= 0.6 is 0 Å². The Morgan fingerprint density at radius 1 is 1.60 bits per heavy atom. The van der Waals surface area contributed by atoms with Gasteiger partial charge in [0, 0.05) is 13.0 Å². The van der Waals surface area contributed by atoms with Gasteiger partial charge < -0.3 is 4.74 Å². The van der Waals surface area contributed by atoms with E-state index in [0.717, 1.165) is 6.42 Å². The van der Waals surface area contributed by atoms with E-state index in [9.17, 15) is 0 Å². The van der Waals surface area contributed by atoms with Gasteiger partial charge >= 0.3 is 0 Å². The second-order valence-corrected chi connectivity index (χ2v) is 1.91. The summed E-state index contributed by atoms with van der Waals surface area (Å²) in [6.07, 6.45) is 5.33. The molecule has 0 radical (unpaired) electrons. The van der Waals surface area contributed by atoms with Gasteiger partial charge in [-0.3, -0.25) is 0 Å². The van der Waals surface area contributed by atoms with Crippen molar-refractivity contribution in [1.29, 1.82) is 5.26 Å². The van der Waals surface area contributed by atoms with Gasteiger partial charge in [-0.25, -0.2) is 0 Å². The van der Waals surface area contributed by atoms with Crippen LogP contribution in [0.1, 0.15) is 19.8 Å². The maximum atomic E-state index is 8.15. The van der Waals surface area contributed by atoms with Gasteiger partial charge in [0.05, 0.1) is 12.7 Å². The first-order valence-electron chi connectivity index (χ1n) is 3.47. The van der Waals surface area contributed by atoms with Crippen LogP contribution in [0.4, 0.5) is 0 Å². The molecule has 0 aromatic heterocycles. The molecule has 0 aliphatic carbocycles. The summed E-state index contributed by atoms with van der Waals surface area (Å²) in [5.74, 6) is 0. The fourth-order valence-electron chi connectivity index (χ4n) is 0.501. The maximum absolute atomic E-state index is 8.15. The van der Waals surface area contributed by atoms with Crippen molar-refractivity contribution in [2.24, 2.45) is 0 Å². The summed E-state index contributed by atoms with van der Waals surface area (Å²) < 4.78 is 5.14. The van der Waals surface area contributed by atoms with Gasteiger partial charge in [-0.15, -0.1) is 0 Å². The van der Waals surface area contributed by atoms with Gasteiger partial charge in [-0.1, -0.05) is 12.2 Å². The van der Waals surface area contributed by atoms with E-state index in [1.54, 1.807) is 0 Å². The van der Waals surface area contributed by atoms with Gasteiger partial charge in [0.1, 0.15) is 0 Å². The summed E-state index contributed by atoms with van der Waals surface area (Å²) in [5.41, 5.74) is 0. The number of ether oxygens (including phenoxy) is 1. The second kappa shape index (κ2) is 8.19. The van der Waals surface area contributed by atoms with Crippen LogP contribution in [0.25, 0.3) is 0 Å². The molecule has 0 aliphatic rings. The van der Waals surface area contributed by atoms with Crippen molar-refractivity contribution in [3.05, 3.63) is 12.2 Å². The summed E-state index contributed by atoms with van der Waals surface area (Å²) in [4.78, 5) is 0. The fraction of sp³-hybridized carbons (Fsp3) is 0.625. The van der Waals surface area contributed by atoms with Crippen molar-refractivity contribution >= 4 is 0 Å². The minimum Gasteiger partial charge on any atom is -0.377 e. The van der Waals surface area contributed by atoms with E-state index in [0.29, 0.717) is 19.6 Å². The molecule has 0 unspecified atom stereocenters. The number of nitrogens with zero attached hydrogens (tertiary/aromatic N) is 1. The lowest BCUT2D eigenvalue weighted by Gasteiger charge is -1.95. The van der Waals surface area contributed by atoms with Gasteiger partial charge in [0.15, 0.2) is 0 Å². The SMILES string of the molecule is CC=CCOCCCC#N. The van der Waals surface area contributed by atoms with E-state index >= 15 is 0 Å². The molecule has 0 bridgehead atoms. The van der Waals surface area contributed by atoms with E-state index in [2.05, 4.69) is 6.07 Å². The molecule has 0 saturated heterocycles. The van der Waals surface area contributed by atoms with Crippen molar-refractivity contribution in [3.8, 4) is 6.07 Å². The van der Waals surface area contributed by atoms with E-state index < -0.39 is 0 Å². The molecule has 10 heavy (non-hydrogen) atoms. The van der Waals surface area contributed by atoms with E-state index in [-0.39, 0.29) is 0 Å². The molecular weight excluding hydrogens is 126 g/mol. The smallest absolute Gasteiger partial charge is 0.0647 e. The predicted molar refractivity (Wildman–Crippen MR) is 40.5 cm³/mol. The van der Waals surface area contributed by atoms with Crippen molar-refractivity contribution in [2.45, 2.75) is 19.8 Å². The monoisotopic (exact) mass is 139 g/mol. The third-order valence-corrected chi connectivity index (χ3v) is 1.03. The normalized spacial score (nSPS) is 10.0. The molecule has 0 heterocycles. The highest BCUT2D eigenvalue weighted by molar-refractivity contribution is 4.76. The average molecular weight is 139 g/mol. The Balaban J connectivity index is 2.85. The van der Waals surface area contributed by atoms with Crippen molar-refractivity contribution in [3.63, 3.8) is 0 Å². The van der Waals surface area contributed by atoms with Crippen LogP contribution in [0.2, 0.25) is 0 Å². The molecule has 2 nitrogen and oxygen atoms in total. The average Bonchev–Trinajstić information content (AvgIpc) is 1.97. The molecule has 0 aliphatic heterocycles. The number of rotatable bonds is 5. The van der Waals surface area contributed by atoms with Crippen molar-refractivity contribution in [2.75, 3.05) is 13.2 Å². The fourth-order valence-corrected chi connectivity index (χ4v) is 0.501. The maximum Gasteiger partial charge on any atom is 0.0647 e. The van der Waals surface area contributed by atoms with Gasteiger partial charge in [0.2, 0.25) is 0 Å². The Morgan fingerprint density at radius 3 is 3.00 bits per heavy atom. The molecule has 0 N–H and O–H groups in total. The Labute approximate surface area is 62.1 Å². The summed E-state index contributed by atoms with van der Waals surface area (Å²) in [6.45, 7) is 3.32. The highest BCUT2D eigenvalue weighted by atomic mass is 16.5.